The van der Waals surface area contributed by atoms with Crippen molar-refractivity contribution in [1.82, 2.24) is 4.98 Å². The number of nitrogens with zero attached hydrogens (tertiary/aromatic N) is 1. The minimum Gasteiger partial charge on any atom is -0.354 e. The summed E-state index contributed by atoms with van der Waals surface area (Å²) in [5, 5.41) is 5.55. The number of anilines is 3. The van der Waals surface area contributed by atoms with E-state index in [9.17, 15) is 18.0 Å². The van der Waals surface area contributed by atoms with Crippen LogP contribution in [0.25, 0.3) is 0 Å². The zero-order chi connectivity index (χ0) is 19.3. The van der Waals surface area contributed by atoms with E-state index in [0.717, 1.165) is 17.7 Å². The average Bonchev–Trinajstić information content (AvgIpc) is 2.64. The maximum atomic E-state index is 12.8. The molecule has 1 amide bonds. The summed E-state index contributed by atoms with van der Waals surface area (Å²) in [6.07, 6.45) is -2.73. The van der Waals surface area contributed by atoms with Crippen molar-refractivity contribution in [2.75, 3.05) is 10.6 Å². The van der Waals surface area contributed by atoms with E-state index in [0.29, 0.717) is 17.2 Å². The molecule has 0 radical (unpaired) electrons. The van der Waals surface area contributed by atoms with Gasteiger partial charge >= 0.3 is 6.18 Å². The number of carbonyl (C=O) groups excluding carboxylic acids is 1. The molecule has 3 aromatic rings. The molecule has 27 heavy (non-hydrogen) atoms. The van der Waals surface area contributed by atoms with Crippen LogP contribution >= 0.6 is 0 Å². The summed E-state index contributed by atoms with van der Waals surface area (Å²) in [6, 6.07) is 17.4. The first-order chi connectivity index (χ1) is 12.9. The molecule has 0 bridgehead atoms. The third kappa shape index (κ3) is 5.31. The molecular weight excluding hydrogens is 355 g/mol. The Labute approximate surface area is 154 Å². The molecule has 0 aliphatic rings. The summed E-state index contributed by atoms with van der Waals surface area (Å²) in [7, 11) is 0. The van der Waals surface area contributed by atoms with Crippen LogP contribution in [-0.2, 0) is 17.4 Å². The number of rotatable bonds is 5. The van der Waals surface area contributed by atoms with Crippen LogP contribution in [-0.4, -0.2) is 10.9 Å². The van der Waals surface area contributed by atoms with Crippen molar-refractivity contribution in [2.24, 2.45) is 0 Å². The lowest BCUT2D eigenvalue weighted by molar-refractivity contribution is -0.137. The molecule has 0 fully saturated rings. The Morgan fingerprint density at radius 1 is 0.926 bits per heavy atom. The number of alkyl halides is 3. The normalized spacial score (nSPS) is 11.1. The lowest BCUT2D eigenvalue weighted by Gasteiger charge is -2.11. The second-order valence-corrected chi connectivity index (χ2v) is 5.85. The molecule has 1 heterocycles. The molecule has 138 valence electrons. The fourth-order valence-corrected chi connectivity index (χ4v) is 2.45. The summed E-state index contributed by atoms with van der Waals surface area (Å²) < 4.78 is 38.3. The molecule has 0 unspecified atom stereocenters. The van der Waals surface area contributed by atoms with Gasteiger partial charge in [0.05, 0.1) is 23.9 Å². The fourth-order valence-electron chi connectivity index (χ4n) is 2.45. The third-order valence-corrected chi connectivity index (χ3v) is 3.72. The van der Waals surface area contributed by atoms with E-state index in [1.807, 2.05) is 30.3 Å². The first-order valence-electron chi connectivity index (χ1n) is 8.14. The number of pyridine rings is 1. The van der Waals surface area contributed by atoms with Crippen molar-refractivity contribution >= 4 is 23.1 Å². The Hall–Kier alpha value is -3.35. The van der Waals surface area contributed by atoms with Gasteiger partial charge in [0.2, 0.25) is 5.91 Å². The highest BCUT2D eigenvalue weighted by atomic mass is 19.4. The van der Waals surface area contributed by atoms with Gasteiger partial charge in [0.1, 0.15) is 5.82 Å². The summed E-state index contributed by atoms with van der Waals surface area (Å²) in [5.74, 6) is 0.165. The third-order valence-electron chi connectivity index (χ3n) is 3.72. The van der Waals surface area contributed by atoms with Crippen LogP contribution in [0.3, 0.4) is 0 Å². The lowest BCUT2D eigenvalue weighted by Crippen LogP contribution is -2.15. The van der Waals surface area contributed by atoms with Crippen molar-refractivity contribution in [3.05, 3.63) is 84.1 Å². The first kappa shape index (κ1) is 18.4. The molecule has 0 saturated carbocycles. The van der Waals surface area contributed by atoms with Gasteiger partial charge in [-0.15, -0.1) is 0 Å². The Kier molecular flexibility index (Phi) is 5.40. The molecule has 0 spiro atoms. The smallest absolute Gasteiger partial charge is 0.354 e. The number of benzene rings is 2. The molecule has 7 heteroatoms. The Morgan fingerprint density at radius 3 is 2.37 bits per heavy atom. The SMILES string of the molecule is O=C(Cc1ccccc1)Nc1ccc(Nc2cccc(C(F)(F)F)c2)cn1. The van der Waals surface area contributed by atoms with E-state index in [4.69, 9.17) is 0 Å². The van der Waals surface area contributed by atoms with E-state index in [1.54, 1.807) is 12.1 Å². The van der Waals surface area contributed by atoms with Gasteiger partial charge in [-0.1, -0.05) is 36.4 Å². The highest BCUT2D eigenvalue weighted by molar-refractivity contribution is 5.91. The predicted molar refractivity (Wildman–Crippen MR) is 97.7 cm³/mol. The molecule has 0 saturated heterocycles. The zero-order valence-corrected chi connectivity index (χ0v) is 14.1. The van der Waals surface area contributed by atoms with Crippen molar-refractivity contribution in [2.45, 2.75) is 12.6 Å². The Morgan fingerprint density at radius 2 is 1.70 bits per heavy atom. The van der Waals surface area contributed by atoms with Crippen molar-refractivity contribution in [3.63, 3.8) is 0 Å². The molecular formula is C20H16F3N3O. The van der Waals surface area contributed by atoms with Crippen LogP contribution in [0.15, 0.2) is 72.9 Å². The van der Waals surface area contributed by atoms with E-state index in [2.05, 4.69) is 15.6 Å². The summed E-state index contributed by atoms with van der Waals surface area (Å²) in [4.78, 5) is 16.1. The van der Waals surface area contributed by atoms with Gasteiger partial charge in [-0.25, -0.2) is 4.98 Å². The predicted octanol–water partition coefficient (Wildman–Crippen LogP) is 5.03. The number of nitrogens with one attached hydrogen (secondary N) is 2. The Bertz CT molecular complexity index is 910. The molecule has 0 aliphatic heterocycles. The highest BCUT2D eigenvalue weighted by Crippen LogP contribution is 2.31. The second kappa shape index (κ2) is 7.90. The van der Waals surface area contributed by atoms with Crippen LogP contribution in [0, 0.1) is 0 Å². The van der Waals surface area contributed by atoms with Gasteiger partial charge in [0.15, 0.2) is 0 Å². The van der Waals surface area contributed by atoms with E-state index in [-0.39, 0.29) is 12.3 Å². The maximum absolute atomic E-state index is 12.8. The average molecular weight is 371 g/mol. The second-order valence-electron chi connectivity index (χ2n) is 5.85. The molecule has 2 N–H and O–H groups in total. The Balaban J connectivity index is 1.61. The fraction of sp³-hybridized carbons (Fsp3) is 0.100. The lowest BCUT2D eigenvalue weighted by atomic mass is 10.1. The van der Waals surface area contributed by atoms with Crippen molar-refractivity contribution in [3.8, 4) is 0 Å². The number of amides is 1. The van der Waals surface area contributed by atoms with Crippen LogP contribution in [0.2, 0.25) is 0 Å². The standard InChI is InChI=1S/C20H16F3N3O/c21-20(22,23)15-7-4-8-16(12-15)25-17-9-10-18(24-13-17)26-19(27)11-14-5-2-1-3-6-14/h1-10,12-13,25H,11H2,(H,24,26,27). The molecule has 1 aromatic heterocycles. The van der Waals surface area contributed by atoms with E-state index < -0.39 is 11.7 Å². The van der Waals surface area contributed by atoms with Gasteiger partial charge in [-0.3, -0.25) is 4.79 Å². The van der Waals surface area contributed by atoms with Crippen LogP contribution in [0.1, 0.15) is 11.1 Å². The number of aromatic nitrogens is 1. The topological polar surface area (TPSA) is 54.0 Å². The minimum absolute atomic E-state index is 0.202. The molecule has 0 atom stereocenters. The summed E-state index contributed by atoms with van der Waals surface area (Å²) >= 11 is 0. The van der Waals surface area contributed by atoms with Crippen LogP contribution in [0.4, 0.5) is 30.4 Å². The van der Waals surface area contributed by atoms with Gasteiger partial charge in [-0.05, 0) is 35.9 Å². The monoisotopic (exact) mass is 371 g/mol. The van der Waals surface area contributed by atoms with Crippen molar-refractivity contribution in [1.29, 1.82) is 0 Å². The van der Waals surface area contributed by atoms with Gasteiger partial charge in [-0.2, -0.15) is 13.2 Å². The van der Waals surface area contributed by atoms with Crippen molar-refractivity contribution < 1.29 is 18.0 Å². The number of hydrogen-bond acceptors (Lipinski definition) is 3. The number of hydrogen-bond donors (Lipinski definition) is 2. The quantitative estimate of drug-likeness (QED) is 0.662. The summed E-state index contributed by atoms with van der Waals surface area (Å²) in [5.41, 5.74) is 0.964. The van der Waals surface area contributed by atoms with Gasteiger partial charge in [0, 0.05) is 5.69 Å². The minimum atomic E-state index is -4.40. The summed E-state index contributed by atoms with van der Waals surface area (Å²) in [6.45, 7) is 0. The number of carbonyl (C=O) groups is 1. The van der Waals surface area contributed by atoms with Crippen LogP contribution in [0.5, 0.6) is 0 Å². The van der Waals surface area contributed by atoms with Crippen LogP contribution < -0.4 is 10.6 Å². The maximum Gasteiger partial charge on any atom is 0.416 e. The molecule has 3 rings (SSSR count). The highest BCUT2D eigenvalue weighted by Gasteiger charge is 2.30. The van der Waals surface area contributed by atoms with E-state index in [1.165, 1.54) is 18.3 Å². The molecule has 4 nitrogen and oxygen atoms in total. The van der Waals surface area contributed by atoms with Gasteiger partial charge in [0.25, 0.3) is 0 Å². The van der Waals surface area contributed by atoms with E-state index >= 15 is 0 Å². The van der Waals surface area contributed by atoms with Gasteiger partial charge < -0.3 is 10.6 Å². The number of halogens is 3. The molecule has 0 aliphatic carbocycles. The molecule has 2 aromatic carbocycles. The zero-order valence-electron chi connectivity index (χ0n) is 14.1. The largest absolute Gasteiger partial charge is 0.416 e. The first-order valence-corrected chi connectivity index (χ1v) is 8.14.